The fourth-order valence-electron chi connectivity index (χ4n) is 2.61. The SMILES string of the molecule is COc1ccccc1C(O)(CNC1CC1)C1CC1. The van der Waals surface area contributed by atoms with Gasteiger partial charge in [-0.15, -0.1) is 0 Å². The Morgan fingerprint density at radius 2 is 2.00 bits per heavy atom. The Morgan fingerprint density at radius 3 is 2.61 bits per heavy atom. The van der Waals surface area contributed by atoms with E-state index in [0.717, 1.165) is 24.2 Å². The first kappa shape index (κ1) is 12.0. The molecule has 3 nitrogen and oxygen atoms in total. The van der Waals surface area contributed by atoms with Crippen LogP contribution in [-0.2, 0) is 5.60 Å². The minimum absolute atomic E-state index is 0.375. The van der Waals surface area contributed by atoms with Crippen LogP contribution in [0.3, 0.4) is 0 Å². The van der Waals surface area contributed by atoms with E-state index in [1.807, 2.05) is 24.3 Å². The zero-order valence-electron chi connectivity index (χ0n) is 10.9. The molecule has 98 valence electrons. The molecule has 3 rings (SSSR count). The molecule has 0 spiro atoms. The minimum Gasteiger partial charge on any atom is -0.496 e. The van der Waals surface area contributed by atoms with Gasteiger partial charge in [0, 0.05) is 18.2 Å². The Labute approximate surface area is 108 Å². The zero-order valence-corrected chi connectivity index (χ0v) is 10.9. The summed E-state index contributed by atoms with van der Waals surface area (Å²) >= 11 is 0. The highest BCUT2D eigenvalue weighted by Gasteiger charge is 2.46. The van der Waals surface area contributed by atoms with Crippen LogP contribution in [0.15, 0.2) is 24.3 Å². The molecule has 0 saturated heterocycles. The Balaban J connectivity index is 1.86. The topological polar surface area (TPSA) is 41.5 Å². The molecule has 0 radical (unpaired) electrons. The maximum Gasteiger partial charge on any atom is 0.125 e. The third-order valence-electron chi connectivity index (χ3n) is 4.06. The molecule has 2 aliphatic carbocycles. The summed E-state index contributed by atoms with van der Waals surface area (Å²) in [6, 6.07) is 8.46. The fraction of sp³-hybridized carbons (Fsp3) is 0.600. The summed E-state index contributed by atoms with van der Waals surface area (Å²) < 4.78 is 5.40. The van der Waals surface area contributed by atoms with Crippen molar-refractivity contribution in [3.8, 4) is 5.75 Å². The number of methoxy groups -OCH3 is 1. The molecule has 2 aliphatic rings. The molecule has 1 aromatic carbocycles. The van der Waals surface area contributed by atoms with E-state index in [9.17, 15) is 5.11 Å². The van der Waals surface area contributed by atoms with Crippen LogP contribution in [0.2, 0.25) is 0 Å². The van der Waals surface area contributed by atoms with Crippen LogP contribution < -0.4 is 10.1 Å². The normalized spacial score (nSPS) is 22.6. The van der Waals surface area contributed by atoms with E-state index in [2.05, 4.69) is 5.32 Å². The van der Waals surface area contributed by atoms with Gasteiger partial charge < -0.3 is 15.2 Å². The molecule has 1 unspecified atom stereocenters. The summed E-state index contributed by atoms with van der Waals surface area (Å²) in [5.74, 6) is 1.17. The first-order valence-electron chi connectivity index (χ1n) is 6.83. The van der Waals surface area contributed by atoms with Crippen molar-refractivity contribution in [3.05, 3.63) is 29.8 Å². The van der Waals surface area contributed by atoms with Gasteiger partial charge in [-0.1, -0.05) is 18.2 Å². The van der Waals surface area contributed by atoms with E-state index in [1.54, 1.807) is 7.11 Å². The summed E-state index contributed by atoms with van der Waals surface area (Å²) in [6.45, 7) is 0.642. The van der Waals surface area contributed by atoms with Gasteiger partial charge in [-0.2, -0.15) is 0 Å². The Morgan fingerprint density at radius 1 is 1.28 bits per heavy atom. The molecule has 0 bridgehead atoms. The monoisotopic (exact) mass is 247 g/mol. The highest BCUT2D eigenvalue weighted by molar-refractivity contribution is 5.39. The number of rotatable bonds is 6. The van der Waals surface area contributed by atoms with E-state index in [4.69, 9.17) is 4.74 Å². The van der Waals surface area contributed by atoms with Crippen molar-refractivity contribution in [2.75, 3.05) is 13.7 Å². The predicted octanol–water partition coefficient (Wildman–Crippen LogP) is 2.04. The van der Waals surface area contributed by atoms with E-state index in [0.29, 0.717) is 18.5 Å². The second-order valence-corrected chi connectivity index (χ2v) is 5.55. The van der Waals surface area contributed by atoms with Crippen LogP contribution in [0.25, 0.3) is 0 Å². The van der Waals surface area contributed by atoms with Gasteiger partial charge in [-0.25, -0.2) is 0 Å². The van der Waals surface area contributed by atoms with E-state index in [-0.39, 0.29) is 0 Å². The summed E-state index contributed by atoms with van der Waals surface area (Å²) in [4.78, 5) is 0. The van der Waals surface area contributed by atoms with Crippen molar-refractivity contribution in [2.24, 2.45) is 5.92 Å². The van der Waals surface area contributed by atoms with Gasteiger partial charge in [-0.05, 0) is 37.7 Å². The van der Waals surface area contributed by atoms with Gasteiger partial charge in [0.2, 0.25) is 0 Å². The van der Waals surface area contributed by atoms with Gasteiger partial charge >= 0.3 is 0 Å². The van der Waals surface area contributed by atoms with Crippen molar-refractivity contribution in [1.29, 1.82) is 0 Å². The highest BCUT2D eigenvalue weighted by Crippen LogP contribution is 2.48. The molecule has 3 heteroatoms. The zero-order chi connectivity index (χ0) is 12.6. The number of ether oxygens (including phenoxy) is 1. The van der Waals surface area contributed by atoms with Gasteiger partial charge in [0.05, 0.1) is 7.11 Å². The van der Waals surface area contributed by atoms with Crippen LogP contribution in [0, 0.1) is 5.92 Å². The molecular formula is C15H21NO2. The van der Waals surface area contributed by atoms with Gasteiger partial charge in [0.1, 0.15) is 11.4 Å². The summed E-state index contributed by atoms with van der Waals surface area (Å²) in [5, 5.41) is 14.5. The van der Waals surface area contributed by atoms with Crippen molar-refractivity contribution in [2.45, 2.75) is 37.3 Å². The third-order valence-corrected chi connectivity index (χ3v) is 4.06. The molecule has 0 heterocycles. The number of hydrogen-bond acceptors (Lipinski definition) is 3. The second-order valence-electron chi connectivity index (χ2n) is 5.55. The van der Waals surface area contributed by atoms with Crippen LogP contribution in [0.4, 0.5) is 0 Å². The summed E-state index contributed by atoms with van der Waals surface area (Å²) in [6.07, 6.45) is 4.71. The lowest BCUT2D eigenvalue weighted by Crippen LogP contribution is -2.41. The smallest absolute Gasteiger partial charge is 0.125 e. The molecule has 2 N–H and O–H groups in total. The predicted molar refractivity (Wildman–Crippen MR) is 70.6 cm³/mol. The fourth-order valence-corrected chi connectivity index (χ4v) is 2.61. The Kier molecular flexibility index (Phi) is 3.04. The largest absolute Gasteiger partial charge is 0.496 e. The first-order valence-corrected chi connectivity index (χ1v) is 6.83. The molecule has 2 fully saturated rings. The lowest BCUT2D eigenvalue weighted by atomic mass is 9.88. The average Bonchev–Trinajstić information content (AvgIpc) is 3.29. The van der Waals surface area contributed by atoms with Crippen molar-refractivity contribution in [1.82, 2.24) is 5.32 Å². The van der Waals surface area contributed by atoms with Crippen LogP contribution in [0.1, 0.15) is 31.2 Å². The number of aliphatic hydroxyl groups is 1. The number of benzene rings is 1. The minimum atomic E-state index is -0.769. The molecule has 1 atom stereocenters. The molecular weight excluding hydrogens is 226 g/mol. The number of nitrogens with one attached hydrogen (secondary N) is 1. The summed E-state index contributed by atoms with van der Waals surface area (Å²) in [5.41, 5.74) is 0.165. The van der Waals surface area contributed by atoms with Crippen molar-refractivity contribution < 1.29 is 9.84 Å². The van der Waals surface area contributed by atoms with Crippen molar-refractivity contribution >= 4 is 0 Å². The maximum absolute atomic E-state index is 11.1. The highest BCUT2D eigenvalue weighted by atomic mass is 16.5. The van der Waals surface area contributed by atoms with Crippen LogP contribution in [-0.4, -0.2) is 24.8 Å². The molecule has 2 saturated carbocycles. The third kappa shape index (κ3) is 2.25. The van der Waals surface area contributed by atoms with E-state index in [1.165, 1.54) is 12.8 Å². The number of para-hydroxylation sites is 1. The summed E-state index contributed by atoms with van der Waals surface area (Å²) in [7, 11) is 1.67. The average molecular weight is 247 g/mol. The number of hydrogen-bond donors (Lipinski definition) is 2. The molecule has 0 aromatic heterocycles. The standard InChI is InChI=1S/C15H21NO2/c1-18-14-5-3-2-4-13(14)15(17,11-6-7-11)10-16-12-8-9-12/h2-5,11-12,16-17H,6-10H2,1H3. The molecule has 0 amide bonds. The maximum atomic E-state index is 11.1. The van der Waals surface area contributed by atoms with Crippen molar-refractivity contribution in [3.63, 3.8) is 0 Å². The van der Waals surface area contributed by atoms with Crippen LogP contribution >= 0.6 is 0 Å². The molecule has 0 aliphatic heterocycles. The second kappa shape index (κ2) is 4.56. The lowest BCUT2D eigenvalue weighted by Gasteiger charge is -2.30. The Hall–Kier alpha value is -1.06. The Bertz CT molecular complexity index is 426. The van der Waals surface area contributed by atoms with Crippen LogP contribution in [0.5, 0.6) is 5.75 Å². The quantitative estimate of drug-likeness (QED) is 0.808. The van der Waals surface area contributed by atoms with Gasteiger partial charge in [0.25, 0.3) is 0 Å². The lowest BCUT2D eigenvalue weighted by molar-refractivity contribution is 0.0110. The van der Waals surface area contributed by atoms with Gasteiger partial charge in [-0.3, -0.25) is 0 Å². The molecule has 18 heavy (non-hydrogen) atoms. The van der Waals surface area contributed by atoms with E-state index >= 15 is 0 Å². The first-order chi connectivity index (χ1) is 8.74. The van der Waals surface area contributed by atoms with Gasteiger partial charge in [0.15, 0.2) is 0 Å². The molecule has 1 aromatic rings. The van der Waals surface area contributed by atoms with E-state index < -0.39 is 5.60 Å².